The lowest BCUT2D eigenvalue weighted by molar-refractivity contribution is -0.268. The van der Waals surface area contributed by atoms with Gasteiger partial charge in [-0.3, -0.25) is 4.79 Å². The van der Waals surface area contributed by atoms with E-state index in [0.29, 0.717) is 0 Å². The van der Waals surface area contributed by atoms with Crippen LogP contribution in [-0.2, 0) is 9.47 Å². The minimum Gasteiger partial charge on any atom is -0.508 e. The molecule has 10 atom stereocenters. The lowest BCUT2D eigenvalue weighted by Crippen LogP contribution is -2.58. The molecule has 14 heteroatoms. The van der Waals surface area contributed by atoms with Gasteiger partial charge < -0.3 is 64.2 Å². The molecule has 2 aromatic carbocycles. The van der Waals surface area contributed by atoms with Gasteiger partial charge >= 0.3 is 0 Å². The summed E-state index contributed by atoms with van der Waals surface area (Å²) in [6.07, 6.45) is -14.3. The standard InChI is InChI=1S/C27H30O14/c1-9-17(30)20(33)22(35)26(37-9)39-13-7-14(29)16-15(8-13)40-24(11-3-5-12(28)6-4-11)25(19(16)32)41-27-23(36)21(34)18(31)10(2)38-27/h3-10,17-18,20-23,26-31,33-36H,1-2H3/t9-,10-,17+,18-,20+,21-,22+,23-,26-,27-/m1/s1. The van der Waals surface area contributed by atoms with Gasteiger partial charge in [-0.05, 0) is 38.1 Å². The molecule has 2 aliphatic heterocycles. The highest BCUT2D eigenvalue weighted by molar-refractivity contribution is 5.88. The Morgan fingerprint density at radius 1 is 0.707 bits per heavy atom. The Bertz CT molecular complexity index is 1460. The molecule has 2 aliphatic rings. The third kappa shape index (κ3) is 5.31. The molecule has 0 amide bonds. The van der Waals surface area contributed by atoms with Crippen molar-refractivity contribution in [3.05, 3.63) is 46.6 Å². The average Bonchev–Trinajstić information content (AvgIpc) is 2.93. The molecule has 0 bridgehead atoms. The van der Waals surface area contributed by atoms with Crippen LogP contribution in [0.1, 0.15) is 13.8 Å². The fraction of sp³-hybridized carbons (Fsp3) is 0.444. The van der Waals surface area contributed by atoms with Crippen molar-refractivity contribution in [2.24, 2.45) is 0 Å². The van der Waals surface area contributed by atoms with Gasteiger partial charge in [-0.1, -0.05) is 0 Å². The van der Waals surface area contributed by atoms with Crippen LogP contribution < -0.4 is 14.9 Å². The van der Waals surface area contributed by atoms with Gasteiger partial charge in [-0.25, -0.2) is 0 Å². The predicted octanol–water partition coefficient (Wildman–Crippen LogP) is -0.716. The van der Waals surface area contributed by atoms with Crippen molar-refractivity contribution in [1.82, 2.24) is 0 Å². The molecule has 2 saturated heterocycles. The highest BCUT2D eigenvalue weighted by Gasteiger charge is 2.45. The second kappa shape index (κ2) is 11.1. The lowest BCUT2D eigenvalue weighted by Gasteiger charge is -2.39. The second-order valence-corrected chi connectivity index (χ2v) is 10.1. The Morgan fingerprint density at radius 3 is 1.80 bits per heavy atom. The van der Waals surface area contributed by atoms with Gasteiger partial charge in [0.1, 0.15) is 64.8 Å². The smallest absolute Gasteiger partial charge is 0.239 e. The molecule has 0 spiro atoms. The molecule has 3 heterocycles. The molecule has 0 saturated carbocycles. The molecule has 0 aliphatic carbocycles. The molecule has 14 nitrogen and oxygen atoms in total. The fourth-order valence-corrected chi connectivity index (χ4v) is 4.71. The summed E-state index contributed by atoms with van der Waals surface area (Å²) in [4.78, 5) is 13.7. The summed E-state index contributed by atoms with van der Waals surface area (Å²) in [7, 11) is 0. The van der Waals surface area contributed by atoms with E-state index in [1.165, 1.54) is 44.2 Å². The fourth-order valence-electron chi connectivity index (χ4n) is 4.71. The average molecular weight is 579 g/mol. The second-order valence-electron chi connectivity index (χ2n) is 10.1. The number of phenols is 2. The Hall–Kier alpha value is -3.47. The molecule has 0 unspecified atom stereocenters. The summed E-state index contributed by atoms with van der Waals surface area (Å²) in [5, 5.41) is 81.1. The summed E-state index contributed by atoms with van der Waals surface area (Å²) in [5.74, 6) is -1.55. The van der Waals surface area contributed by atoms with Gasteiger partial charge in [-0.2, -0.15) is 0 Å². The Kier molecular flexibility index (Phi) is 7.84. The van der Waals surface area contributed by atoms with E-state index in [0.717, 1.165) is 6.07 Å². The van der Waals surface area contributed by atoms with Crippen molar-refractivity contribution in [2.45, 2.75) is 75.3 Å². The first kappa shape index (κ1) is 29.0. The van der Waals surface area contributed by atoms with Gasteiger partial charge in [0.15, 0.2) is 5.76 Å². The first-order chi connectivity index (χ1) is 19.4. The van der Waals surface area contributed by atoms with Gasteiger partial charge in [-0.15, -0.1) is 0 Å². The Labute approximate surface area is 231 Å². The van der Waals surface area contributed by atoms with Crippen molar-refractivity contribution < 1.29 is 64.2 Å². The van der Waals surface area contributed by atoms with Crippen molar-refractivity contribution >= 4 is 11.0 Å². The summed E-state index contributed by atoms with van der Waals surface area (Å²) in [6, 6.07) is 7.71. The first-order valence-corrected chi connectivity index (χ1v) is 12.7. The van der Waals surface area contributed by atoms with Gasteiger partial charge in [0.25, 0.3) is 0 Å². The van der Waals surface area contributed by atoms with E-state index in [2.05, 4.69) is 0 Å². The summed E-state index contributed by atoms with van der Waals surface area (Å²) < 4.78 is 28.2. The van der Waals surface area contributed by atoms with E-state index >= 15 is 0 Å². The number of phenolic OH excluding ortho intramolecular Hbond substituents is 2. The lowest BCUT2D eigenvalue weighted by atomic mass is 10.00. The number of ether oxygens (including phenoxy) is 4. The van der Waals surface area contributed by atoms with Crippen LogP contribution in [0.25, 0.3) is 22.3 Å². The molecule has 1 aromatic heterocycles. The van der Waals surface area contributed by atoms with E-state index in [4.69, 9.17) is 23.4 Å². The van der Waals surface area contributed by atoms with E-state index in [1.54, 1.807) is 0 Å². The zero-order chi connectivity index (χ0) is 29.7. The Morgan fingerprint density at radius 2 is 1.24 bits per heavy atom. The van der Waals surface area contributed by atoms with Crippen molar-refractivity contribution in [2.75, 3.05) is 0 Å². The van der Waals surface area contributed by atoms with Gasteiger partial charge in [0.2, 0.25) is 23.8 Å². The number of aliphatic hydroxyl groups is 6. The largest absolute Gasteiger partial charge is 0.508 e. The number of rotatable bonds is 5. The van der Waals surface area contributed by atoms with Crippen LogP contribution >= 0.6 is 0 Å². The zero-order valence-corrected chi connectivity index (χ0v) is 21.8. The number of benzene rings is 2. The third-order valence-electron chi connectivity index (χ3n) is 7.14. The van der Waals surface area contributed by atoms with Crippen molar-refractivity contribution in [3.63, 3.8) is 0 Å². The summed E-state index contributed by atoms with van der Waals surface area (Å²) in [6.45, 7) is 2.90. The van der Waals surface area contributed by atoms with E-state index < -0.39 is 78.3 Å². The van der Waals surface area contributed by atoms with Crippen LogP contribution in [-0.4, -0.2) is 102 Å². The molecule has 2 fully saturated rings. The SMILES string of the molecule is C[C@H]1O[C@H](Oc2cc(O)c3c(=O)c(O[C@H]4O[C@H](C)[C@@H](O)[C@@H](O)[C@H]4O)c(-c4ccc(O)cc4)oc3c2)[C@@H](O)[C@@H](O)[C@H]1O. The number of aromatic hydroxyl groups is 2. The number of aliphatic hydroxyl groups excluding tert-OH is 6. The molecule has 8 N–H and O–H groups in total. The zero-order valence-electron chi connectivity index (χ0n) is 21.8. The molecular formula is C27H30O14. The van der Waals surface area contributed by atoms with Crippen LogP contribution in [0.15, 0.2) is 45.6 Å². The molecule has 41 heavy (non-hydrogen) atoms. The van der Waals surface area contributed by atoms with Crippen LogP contribution in [0, 0.1) is 0 Å². The molecule has 3 aromatic rings. The third-order valence-corrected chi connectivity index (χ3v) is 7.14. The molecule has 5 rings (SSSR count). The first-order valence-electron chi connectivity index (χ1n) is 12.7. The predicted molar refractivity (Wildman–Crippen MR) is 137 cm³/mol. The van der Waals surface area contributed by atoms with Crippen molar-refractivity contribution in [1.29, 1.82) is 0 Å². The minimum atomic E-state index is -1.76. The summed E-state index contributed by atoms with van der Waals surface area (Å²) in [5.41, 5.74) is -0.865. The topological polar surface area (TPSA) is 229 Å². The van der Waals surface area contributed by atoms with Crippen LogP contribution in [0.3, 0.4) is 0 Å². The maximum atomic E-state index is 13.7. The quantitative estimate of drug-likeness (QED) is 0.187. The van der Waals surface area contributed by atoms with Crippen molar-refractivity contribution in [3.8, 4) is 34.3 Å². The minimum absolute atomic E-state index is 0.0859. The number of hydrogen-bond acceptors (Lipinski definition) is 14. The maximum absolute atomic E-state index is 13.7. The van der Waals surface area contributed by atoms with E-state index in [-0.39, 0.29) is 33.8 Å². The molecular weight excluding hydrogens is 548 g/mol. The number of fused-ring (bicyclic) bond motifs is 1. The van der Waals surface area contributed by atoms with Crippen LogP contribution in [0.5, 0.6) is 23.0 Å². The number of hydrogen-bond donors (Lipinski definition) is 8. The van der Waals surface area contributed by atoms with Gasteiger partial charge in [0, 0.05) is 17.7 Å². The molecule has 222 valence electrons. The normalized spacial score (nSPS) is 34.0. The Balaban J connectivity index is 1.58. The summed E-state index contributed by atoms with van der Waals surface area (Å²) >= 11 is 0. The van der Waals surface area contributed by atoms with Crippen LogP contribution in [0.4, 0.5) is 0 Å². The maximum Gasteiger partial charge on any atom is 0.239 e. The highest BCUT2D eigenvalue weighted by Crippen LogP contribution is 2.38. The van der Waals surface area contributed by atoms with E-state index in [9.17, 15) is 45.6 Å². The van der Waals surface area contributed by atoms with E-state index in [1.807, 2.05) is 0 Å². The monoisotopic (exact) mass is 578 g/mol. The molecule has 0 radical (unpaired) electrons. The highest BCUT2D eigenvalue weighted by atomic mass is 16.7. The van der Waals surface area contributed by atoms with Crippen LogP contribution in [0.2, 0.25) is 0 Å². The van der Waals surface area contributed by atoms with Gasteiger partial charge in [0.05, 0.1) is 12.2 Å².